The summed E-state index contributed by atoms with van der Waals surface area (Å²) in [4.78, 5) is 13.0. The van der Waals surface area contributed by atoms with Crippen LogP contribution in [0.25, 0.3) is 11.2 Å². The SMILES string of the molecule is OC(COc1ccc(Cl)cc1)Cn1cnc2c(NCc3ccccc3)ncnc21. The summed E-state index contributed by atoms with van der Waals surface area (Å²) in [5.74, 6) is 1.31. The Morgan fingerprint density at radius 3 is 2.62 bits per heavy atom. The van der Waals surface area contributed by atoms with E-state index < -0.39 is 6.10 Å². The maximum absolute atomic E-state index is 10.4. The van der Waals surface area contributed by atoms with Gasteiger partial charge in [0.05, 0.1) is 12.9 Å². The molecule has 1 atom stereocenters. The van der Waals surface area contributed by atoms with Crippen LogP contribution in [0.2, 0.25) is 5.02 Å². The van der Waals surface area contributed by atoms with Crippen molar-refractivity contribution in [3.05, 3.63) is 77.8 Å². The van der Waals surface area contributed by atoms with Gasteiger partial charge in [0.25, 0.3) is 0 Å². The van der Waals surface area contributed by atoms with Crippen LogP contribution in [-0.4, -0.2) is 37.3 Å². The molecule has 0 saturated carbocycles. The molecule has 0 spiro atoms. The third-order valence-corrected chi connectivity index (χ3v) is 4.62. The van der Waals surface area contributed by atoms with Crippen molar-refractivity contribution in [3.8, 4) is 5.75 Å². The van der Waals surface area contributed by atoms with E-state index in [0.29, 0.717) is 40.8 Å². The largest absolute Gasteiger partial charge is 0.491 e. The summed E-state index contributed by atoms with van der Waals surface area (Å²) in [6.07, 6.45) is 2.42. The first kappa shape index (κ1) is 19.2. The highest BCUT2D eigenvalue weighted by Crippen LogP contribution is 2.19. The second-order valence-corrected chi connectivity index (χ2v) is 6.99. The van der Waals surface area contributed by atoms with Gasteiger partial charge in [-0.05, 0) is 29.8 Å². The molecule has 148 valence electrons. The molecule has 0 aliphatic rings. The number of anilines is 1. The third-order valence-electron chi connectivity index (χ3n) is 4.37. The van der Waals surface area contributed by atoms with Crippen LogP contribution in [0.3, 0.4) is 0 Å². The summed E-state index contributed by atoms with van der Waals surface area (Å²) in [5, 5.41) is 14.3. The number of hydrogen-bond donors (Lipinski definition) is 2. The average molecular weight is 410 g/mol. The van der Waals surface area contributed by atoms with Gasteiger partial charge in [-0.15, -0.1) is 0 Å². The number of nitrogens with one attached hydrogen (secondary N) is 1. The number of benzene rings is 2. The summed E-state index contributed by atoms with van der Waals surface area (Å²) in [6, 6.07) is 17.1. The zero-order chi connectivity index (χ0) is 20.1. The molecular weight excluding hydrogens is 390 g/mol. The first-order valence-electron chi connectivity index (χ1n) is 9.19. The average Bonchev–Trinajstić information content (AvgIpc) is 3.16. The number of halogens is 1. The predicted molar refractivity (Wildman–Crippen MR) is 112 cm³/mol. The van der Waals surface area contributed by atoms with E-state index in [9.17, 15) is 5.11 Å². The van der Waals surface area contributed by atoms with Gasteiger partial charge in [0.1, 0.15) is 30.3 Å². The number of aliphatic hydroxyl groups excluding tert-OH is 1. The number of hydrogen-bond acceptors (Lipinski definition) is 6. The molecule has 0 saturated heterocycles. The maximum Gasteiger partial charge on any atom is 0.165 e. The smallest absolute Gasteiger partial charge is 0.165 e. The summed E-state index contributed by atoms with van der Waals surface area (Å²) in [6.45, 7) is 1.09. The lowest BCUT2D eigenvalue weighted by atomic mass is 10.2. The zero-order valence-electron chi connectivity index (χ0n) is 15.6. The molecule has 8 heteroatoms. The Hall–Kier alpha value is -3.16. The number of nitrogens with zero attached hydrogens (tertiary/aromatic N) is 4. The molecule has 0 fully saturated rings. The van der Waals surface area contributed by atoms with Crippen LogP contribution in [0.4, 0.5) is 5.82 Å². The van der Waals surface area contributed by atoms with E-state index in [1.807, 2.05) is 30.3 Å². The first-order valence-corrected chi connectivity index (χ1v) is 9.57. The van der Waals surface area contributed by atoms with E-state index in [1.54, 1.807) is 35.2 Å². The molecule has 29 heavy (non-hydrogen) atoms. The highest BCUT2D eigenvalue weighted by atomic mass is 35.5. The fraction of sp³-hybridized carbons (Fsp3) is 0.190. The van der Waals surface area contributed by atoms with Crippen molar-refractivity contribution in [1.29, 1.82) is 0 Å². The molecule has 4 aromatic rings. The fourth-order valence-electron chi connectivity index (χ4n) is 2.93. The van der Waals surface area contributed by atoms with Crippen LogP contribution in [0, 0.1) is 0 Å². The van der Waals surface area contributed by atoms with Crippen LogP contribution in [0.5, 0.6) is 5.75 Å². The number of aromatic nitrogens is 4. The van der Waals surface area contributed by atoms with Gasteiger partial charge in [-0.3, -0.25) is 0 Å². The third kappa shape index (κ3) is 4.82. The van der Waals surface area contributed by atoms with Crippen molar-refractivity contribution < 1.29 is 9.84 Å². The van der Waals surface area contributed by atoms with Gasteiger partial charge in [-0.1, -0.05) is 41.9 Å². The minimum Gasteiger partial charge on any atom is -0.491 e. The van der Waals surface area contributed by atoms with Crippen molar-refractivity contribution in [2.24, 2.45) is 0 Å². The first-order chi connectivity index (χ1) is 14.2. The lowest BCUT2D eigenvalue weighted by Crippen LogP contribution is -2.23. The maximum atomic E-state index is 10.4. The highest BCUT2D eigenvalue weighted by Gasteiger charge is 2.13. The van der Waals surface area contributed by atoms with Gasteiger partial charge in [0, 0.05) is 11.6 Å². The van der Waals surface area contributed by atoms with E-state index in [1.165, 1.54) is 6.33 Å². The molecule has 0 aliphatic heterocycles. The molecule has 0 amide bonds. The Morgan fingerprint density at radius 1 is 1.03 bits per heavy atom. The summed E-state index contributed by atoms with van der Waals surface area (Å²) in [5.41, 5.74) is 2.46. The minimum absolute atomic E-state index is 0.144. The monoisotopic (exact) mass is 409 g/mol. The van der Waals surface area contributed by atoms with Crippen LogP contribution in [0.1, 0.15) is 5.56 Å². The van der Waals surface area contributed by atoms with Crippen LogP contribution in [0.15, 0.2) is 67.3 Å². The summed E-state index contributed by atoms with van der Waals surface area (Å²) >= 11 is 5.86. The number of ether oxygens (including phenoxy) is 1. The highest BCUT2D eigenvalue weighted by molar-refractivity contribution is 6.30. The Morgan fingerprint density at radius 2 is 1.83 bits per heavy atom. The van der Waals surface area contributed by atoms with E-state index in [4.69, 9.17) is 16.3 Å². The van der Waals surface area contributed by atoms with E-state index in [2.05, 4.69) is 20.3 Å². The Balaban J connectivity index is 1.41. The summed E-state index contributed by atoms with van der Waals surface area (Å²) in [7, 11) is 0. The molecule has 2 aromatic carbocycles. The fourth-order valence-corrected chi connectivity index (χ4v) is 3.05. The van der Waals surface area contributed by atoms with Gasteiger partial charge in [-0.2, -0.15) is 0 Å². The van der Waals surface area contributed by atoms with Gasteiger partial charge >= 0.3 is 0 Å². The van der Waals surface area contributed by atoms with Crippen molar-refractivity contribution in [2.45, 2.75) is 19.2 Å². The van der Waals surface area contributed by atoms with Crippen molar-refractivity contribution in [2.75, 3.05) is 11.9 Å². The molecule has 2 aromatic heterocycles. The molecule has 0 bridgehead atoms. The van der Waals surface area contributed by atoms with Crippen molar-refractivity contribution in [3.63, 3.8) is 0 Å². The van der Waals surface area contributed by atoms with Crippen molar-refractivity contribution in [1.82, 2.24) is 19.5 Å². The lowest BCUT2D eigenvalue weighted by Gasteiger charge is -2.13. The normalized spacial score (nSPS) is 12.1. The molecule has 0 radical (unpaired) electrons. The Bertz CT molecular complexity index is 1070. The predicted octanol–water partition coefficient (Wildman–Crippen LogP) is 3.53. The van der Waals surface area contributed by atoms with Crippen LogP contribution < -0.4 is 10.1 Å². The molecule has 7 nitrogen and oxygen atoms in total. The molecule has 0 aliphatic carbocycles. The quantitative estimate of drug-likeness (QED) is 0.463. The van der Waals surface area contributed by atoms with Crippen LogP contribution in [-0.2, 0) is 13.1 Å². The van der Waals surface area contributed by atoms with Gasteiger partial charge in [-0.25, -0.2) is 15.0 Å². The number of fused-ring (bicyclic) bond motifs is 1. The van der Waals surface area contributed by atoms with Crippen molar-refractivity contribution >= 4 is 28.6 Å². The van der Waals surface area contributed by atoms with Crippen LogP contribution >= 0.6 is 11.6 Å². The lowest BCUT2D eigenvalue weighted by molar-refractivity contribution is 0.0933. The Kier molecular flexibility index (Phi) is 5.88. The van der Waals surface area contributed by atoms with Gasteiger partial charge < -0.3 is 19.7 Å². The second kappa shape index (κ2) is 8.89. The molecular formula is C21H20ClN5O2. The summed E-state index contributed by atoms with van der Waals surface area (Å²) < 4.78 is 7.40. The second-order valence-electron chi connectivity index (χ2n) is 6.55. The zero-order valence-corrected chi connectivity index (χ0v) is 16.3. The molecule has 1 unspecified atom stereocenters. The van der Waals surface area contributed by atoms with E-state index in [0.717, 1.165) is 5.56 Å². The van der Waals surface area contributed by atoms with Gasteiger partial charge in [0.15, 0.2) is 11.5 Å². The number of rotatable bonds is 8. The topological polar surface area (TPSA) is 85.1 Å². The van der Waals surface area contributed by atoms with E-state index >= 15 is 0 Å². The van der Waals surface area contributed by atoms with E-state index in [-0.39, 0.29) is 6.61 Å². The molecule has 4 rings (SSSR count). The number of aliphatic hydroxyl groups is 1. The molecule has 2 N–H and O–H groups in total. The standard InChI is InChI=1S/C21H20ClN5O2/c22-16-6-8-18(9-7-16)29-12-17(28)11-27-14-26-19-20(24-13-25-21(19)27)23-10-15-4-2-1-3-5-15/h1-9,13-14,17,28H,10-12H2,(H,23,24,25). The van der Waals surface area contributed by atoms with Gasteiger partial charge in [0.2, 0.25) is 0 Å². The number of imidazole rings is 1. The molecule has 2 heterocycles. The minimum atomic E-state index is -0.723. The Labute approximate surface area is 173 Å².